The fraction of sp³-hybridized carbons (Fsp3) is 0.148. The van der Waals surface area contributed by atoms with Crippen LogP contribution in [0.1, 0.15) is 32.1 Å². The molecule has 0 unspecified atom stereocenters. The average molecular weight is 426 g/mol. The van der Waals surface area contributed by atoms with Gasteiger partial charge in [-0.1, -0.05) is 42.5 Å². The highest BCUT2D eigenvalue weighted by atomic mass is 16.1. The Hall–Kier alpha value is -3.99. The van der Waals surface area contributed by atoms with E-state index in [-0.39, 0.29) is 23.0 Å². The van der Waals surface area contributed by atoms with Crippen LogP contribution in [0.3, 0.4) is 0 Å². The molecule has 162 valence electrons. The van der Waals surface area contributed by atoms with Gasteiger partial charge in [0.25, 0.3) is 0 Å². The van der Waals surface area contributed by atoms with Gasteiger partial charge in [-0.2, -0.15) is 0 Å². The van der Waals surface area contributed by atoms with E-state index in [9.17, 15) is 9.59 Å². The van der Waals surface area contributed by atoms with Gasteiger partial charge in [0.15, 0.2) is 0 Å². The number of carbonyl (C=O) groups excluding carboxylic acids is 2. The Morgan fingerprint density at radius 1 is 0.625 bits per heavy atom. The van der Waals surface area contributed by atoms with Crippen molar-refractivity contribution >= 4 is 35.1 Å². The standard InChI is InChI=1S/C27H27N3O2/c1-29(2)22-14-8-20(9-15-22)12-18-26(31)24-6-5-7-25(28-24)27(32)19-13-21-10-16-23(17-11-21)30(3)4/h5-19H,1-4H3/b18-12+,19-13+. The predicted molar refractivity (Wildman–Crippen MR) is 133 cm³/mol. The zero-order valence-electron chi connectivity index (χ0n) is 18.8. The van der Waals surface area contributed by atoms with Crippen LogP contribution in [0.25, 0.3) is 12.2 Å². The SMILES string of the molecule is CN(C)c1ccc(/C=C/C(=O)c2cccc(C(=O)/C=C/c3ccc(N(C)C)cc3)n2)cc1. The fourth-order valence-electron chi connectivity index (χ4n) is 2.99. The molecular weight excluding hydrogens is 398 g/mol. The van der Waals surface area contributed by atoms with Gasteiger partial charge < -0.3 is 9.80 Å². The van der Waals surface area contributed by atoms with Crippen LogP contribution in [0.4, 0.5) is 11.4 Å². The van der Waals surface area contributed by atoms with Crippen LogP contribution in [0, 0.1) is 0 Å². The van der Waals surface area contributed by atoms with Gasteiger partial charge in [0.1, 0.15) is 11.4 Å². The maximum Gasteiger partial charge on any atom is 0.204 e. The first kappa shape index (κ1) is 22.7. The minimum Gasteiger partial charge on any atom is -0.378 e. The number of pyridine rings is 1. The third-order valence-corrected chi connectivity index (χ3v) is 4.93. The molecule has 0 saturated heterocycles. The van der Waals surface area contributed by atoms with E-state index in [0.717, 1.165) is 22.5 Å². The Morgan fingerprint density at radius 2 is 1.00 bits per heavy atom. The van der Waals surface area contributed by atoms with Crippen molar-refractivity contribution in [2.75, 3.05) is 38.0 Å². The largest absolute Gasteiger partial charge is 0.378 e. The lowest BCUT2D eigenvalue weighted by atomic mass is 10.1. The van der Waals surface area contributed by atoms with Gasteiger partial charge in [0.05, 0.1) is 0 Å². The van der Waals surface area contributed by atoms with Gasteiger partial charge in [-0.25, -0.2) is 4.98 Å². The molecule has 0 bridgehead atoms. The van der Waals surface area contributed by atoms with E-state index in [1.54, 1.807) is 30.4 Å². The molecule has 1 heterocycles. The molecule has 0 N–H and O–H groups in total. The number of benzene rings is 2. The molecule has 0 aliphatic carbocycles. The molecule has 2 aromatic carbocycles. The van der Waals surface area contributed by atoms with Crippen molar-refractivity contribution in [1.82, 2.24) is 4.98 Å². The second kappa shape index (κ2) is 10.4. The lowest BCUT2D eigenvalue weighted by Gasteiger charge is -2.11. The zero-order valence-corrected chi connectivity index (χ0v) is 18.8. The van der Waals surface area contributed by atoms with Crippen LogP contribution in [0.15, 0.2) is 78.9 Å². The van der Waals surface area contributed by atoms with Crippen molar-refractivity contribution in [3.8, 4) is 0 Å². The topological polar surface area (TPSA) is 53.5 Å². The number of nitrogens with zero attached hydrogens (tertiary/aromatic N) is 3. The summed E-state index contributed by atoms with van der Waals surface area (Å²) in [6.07, 6.45) is 6.44. The summed E-state index contributed by atoms with van der Waals surface area (Å²) in [5, 5.41) is 0. The minimum atomic E-state index is -0.250. The van der Waals surface area contributed by atoms with Gasteiger partial charge in [0.2, 0.25) is 11.6 Å². The summed E-state index contributed by atoms with van der Waals surface area (Å²) < 4.78 is 0. The smallest absolute Gasteiger partial charge is 0.204 e. The highest BCUT2D eigenvalue weighted by Crippen LogP contribution is 2.15. The van der Waals surface area contributed by atoms with E-state index in [1.807, 2.05) is 86.5 Å². The van der Waals surface area contributed by atoms with Gasteiger partial charge in [-0.05, 0) is 59.7 Å². The Morgan fingerprint density at radius 3 is 1.34 bits per heavy atom. The second-order valence-electron chi connectivity index (χ2n) is 7.78. The molecule has 0 saturated carbocycles. The predicted octanol–water partition coefficient (Wildman–Crippen LogP) is 5.01. The summed E-state index contributed by atoms with van der Waals surface area (Å²) in [6.45, 7) is 0. The molecule has 0 atom stereocenters. The number of aromatic nitrogens is 1. The van der Waals surface area contributed by atoms with Crippen LogP contribution in [0.2, 0.25) is 0 Å². The summed E-state index contributed by atoms with van der Waals surface area (Å²) >= 11 is 0. The molecule has 5 heteroatoms. The summed E-state index contributed by atoms with van der Waals surface area (Å²) in [4.78, 5) is 33.4. The third kappa shape index (κ3) is 6.01. The van der Waals surface area contributed by atoms with Crippen LogP contribution in [-0.4, -0.2) is 44.7 Å². The van der Waals surface area contributed by atoms with Crippen molar-refractivity contribution in [2.45, 2.75) is 0 Å². The van der Waals surface area contributed by atoms with Crippen molar-refractivity contribution in [1.29, 1.82) is 0 Å². The molecule has 0 aliphatic heterocycles. The highest BCUT2D eigenvalue weighted by Gasteiger charge is 2.09. The first-order valence-electron chi connectivity index (χ1n) is 10.3. The quantitative estimate of drug-likeness (QED) is 0.375. The van der Waals surface area contributed by atoms with Crippen LogP contribution < -0.4 is 9.80 Å². The van der Waals surface area contributed by atoms with E-state index >= 15 is 0 Å². The van der Waals surface area contributed by atoms with Gasteiger partial charge in [-0.3, -0.25) is 9.59 Å². The lowest BCUT2D eigenvalue weighted by Crippen LogP contribution is -2.08. The summed E-state index contributed by atoms with van der Waals surface area (Å²) in [5.74, 6) is -0.501. The molecule has 0 amide bonds. The molecule has 3 rings (SSSR count). The van der Waals surface area contributed by atoms with E-state index in [4.69, 9.17) is 0 Å². The van der Waals surface area contributed by atoms with E-state index in [1.165, 1.54) is 12.2 Å². The van der Waals surface area contributed by atoms with Crippen LogP contribution >= 0.6 is 0 Å². The Labute approximate surface area is 189 Å². The van der Waals surface area contributed by atoms with Crippen LogP contribution in [-0.2, 0) is 0 Å². The maximum absolute atomic E-state index is 12.5. The lowest BCUT2D eigenvalue weighted by molar-refractivity contribution is 0.104. The van der Waals surface area contributed by atoms with Gasteiger partial charge in [0, 0.05) is 39.6 Å². The highest BCUT2D eigenvalue weighted by molar-refractivity contribution is 6.08. The van der Waals surface area contributed by atoms with Crippen molar-refractivity contribution in [2.24, 2.45) is 0 Å². The normalized spacial score (nSPS) is 11.1. The molecular formula is C27H27N3O2. The number of anilines is 2. The van der Waals surface area contributed by atoms with Crippen molar-refractivity contribution in [3.05, 3.63) is 101 Å². The van der Waals surface area contributed by atoms with E-state index < -0.39 is 0 Å². The number of carbonyl (C=O) groups is 2. The Bertz CT molecular complexity index is 1050. The Balaban J connectivity index is 1.68. The molecule has 0 spiro atoms. The Kier molecular flexibility index (Phi) is 7.34. The molecule has 1 aromatic heterocycles. The van der Waals surface area contributed by atoms with Crippen LogP contribution in [0.5, 0.6) is 0 Å². The fourth-order valence-corrected chi connectivity index (χ4v) is 2.99. The monoisotopic (exact) mass is 425 g/mol. The molecule has 3 aromatic rings. The number of allylic oxidation sites excluding steroid dienone is 2. The minimum absolute atomic E-state index is 0.237. The molecule has 0 fully saturated rings. The molecule has 0 aliphatic rings. The number of hydrogen-bond acceptors (Lipinski definition) is 5. The first-order valence-corrected chi connectivity index (χ1v) is 10.3. The third-order valence-electron chi connectivity index (χ3n) is 4.93. The molecule has 0 radical (unpaired) electrons. The first-order chi connectivity index (χ1) is 15.3. The summed E-state index contributed by atoms with van der Waals surface area (Å²) in [5.41, 5.74) is 4.48. The molecule has 32 heavy (non-hydrogen) atoms. The number of rotatable bonds is 8. The summed E-state index contributed by atoms with van der Waals surface area (Å²) in [7, 11) is 7.91. The number of hydrogen-bond donors (Lipinski definition) is 0. The number of ketones is 2. The van der Waals surface area contributed by atoms with Crippen molar-refractivity contribution < 1.29 is 9.59 Å². The van der Waals surface area contributed by atoms with Crippen molar-refractivity contribution in [3.63, 3.8) is 0 Å². The van der Waals surface area contributed by atoms with E-state index in [0.29, 0.717) is 0 Å². The van der Waals surface area contributed by atoms with E-state index in [2.05, 4.69) is 4.98 Å². The summed E-state index contributed by atoms with van der Waals surface area (Å²) in [6, 6.07) is 20.6. The zero-order chi connectivity index (χ0) is 23.1. The molecule has 5 nitrogen and oxygen atoms in total. The van der Waals surface area contributed by atoms with Gasteiger partial charge >= 0.3 is 0 Å². The maximum atomic E-state index is 12.5. The average Bonchev–Trinajstić information content (AvgIpc) is 2.81. The van der Waals surface area contributed by atoms with Gasteiger partial charge in [-0.15, -0.1) is 0 Å². The second-order valence-corrected chi connectivity index (χ2v) is 7.78.